The van der Waals surface area contributed by atoms with Crippen molar-refractivity contribution in [2.24, 2.45) is 0 Å². The summed E-state index contributed by atoms with van der Waals surface area (Å²) < 4.78 is 6.79. The number of rotatable bonds is 3. The maximum atomic E-state index is 12.5. The van der Waals surface area contributed by atoms with E-state index < -0.39 is 11.5 Å². The van der Waals surface area contributed by atoms with Gasteiger partial charge in [0.15, 0.2) is 0 Å². The minimum Gasteiger partial charge on any atom is -0.456 e. The Morgan fingerprint density at radius 3 is 2.71 bits per heavy atom. The molecule has 138 valence electrons. The minimum atomic E-state index is -0.572. The van der Waals surface area contributed by atoms with Gasteiger partial charge in [-0.05, 0) is 43.7 Å². The van der Waals surface area contributed by atoms with E-state index in [0.29, 0.717) is 16.9 Å². The number of anilines is 1. The Morgan fingerprint density at radius 1 is 1.18 bits per heavy atom. The molecule has 0 fully saturated rings. The molecule has 1 amide bonds. The molecule has 0 bridgehead atoms. The minimum absolute atomic E-state index is 0.00610. The lowest BCUT2D eigenvalue weighted by Gasteiger charge is -2.09. The summed E-state index contributed by atoms with van der Waals surface area (Å²) in [6.07, 6.45) is 0. The molecule has 7 nitrogen and oxygen atoms in total. The van der Waals surface area contributed by atoms with Crippen LogP contribution in [-0.2, 0) is 11.3 Å². The predicted octanol–water partition coefficient (Wildman–Crippen LogP) is 3.27. The molecule has 2 aromatic carbocycles. The molecular weight excluding hydrogens is 356 g/mol. The van der Waals surface area contributed by atoms with Crippen LogP contribution in [-0.4, -0.2) is 15.7 Å². The fourth-order valence-corrected chi connectivity index (χ4v) is 3.15. The van der Waals surface area contributed by atoms with E-state index in [4.69, 9.17) is 4.42 Å². The zero-order valence-corrected chi connectivity index (χ0v) is 15.3. The van der Waals surface area contributed by atoms with Gasteiger partial charge in [0.2, 0.25) is 5.91 Å². The summed E-state index contributed by atoms with van der Waals surface area (Å²) in [5.41, 5.74) is 2.59. The van der Waals surface area contributed by atoms with E-state index >= 15 is 0 Å². The molecule has 0 aliphatic heterocycles. The van der Waals surface area contributed by atoms with Crippen LogP contribution in [0.2, 0.25) is 0 Å². The standard InChI is InChI=1S/C21H16N4O3/c1-12-13(2)24-25(21(27)17(12)10-22)11-20(26)23-14-7-8-19-16(9-14)15-5-3-4-6-18(15)28-19/h3-9H,11H2,1-2H3,(H,23,26). The Labute approximate surface area is 159 Å². The van der Waals surface area contributed by atoms with Gasteiger partial charge in [-0.3, -0.25) is 9.59 Å². The number of benzene rings is 2. The molecule has 28 heavy (non-hydrogen) atoms. The van der Waals surface area contributed by atoms with Gasteiger partial charge in [-0.25, -0.2) is 4.68 Å². The lowest BCUT2D eigenvalue weighted by atomic mass is 10.1. The Kier molecular flexibility index (Phi) is 4.17. The summed E-state index contributed by atoms with van der Waals surface area (Å²) in [6.45, 7) is 3.08. The molecule has 0 unspecified atom stereocenters. The lowest BCUT2D eigenvalue weighted by Crippen LogP contribution is -2.32. The molecule has 0 saturated heterocycles. The second kappa shape index (κ2) is 6.67. The smallest absolute Gasteiger partial charge is 0.285 e. The summed E-state index contributed by atoms with van der Waals surface area (Å²) in [5, 5.41) is 17.9. The number of hydrogen-bond donors (Lipinski definition) is 1. The first-order valence-corrected chi connectivity index (χ1v) is 8.67. The van der Waals surface area contributed by atoms with Crippen molar-refractivity contribution in [2.75, 3.05) is 5.32 Å². The number of carbonyl (C=O) groups is 1. The first-order valence-electron chi connectivity index (χ1n) is 8.67. The van der Waals surface area contributed by atoms with Crippen molar-refractivity contribution in [3.8, 4) is 6.07 Å². The van der Waals surface area contributed by atoms with Gasteiger partial charge in [0, 0.05) is 16.5 Å². The summed E-state index contributed by atoms with van der Waals surface area (Å²) in [5.74, 6) is -0.408. The topological polar surface area (TPSA) is 101 Å². The predicted molar refractivity (Wildman–Crippen MR) is 105 cm³/mol. The number of nitrogens with one attached hydrogen (secondary N) is 1. The SMILES string of the molecule is Cc1nn(CC(=O)Nc2ccc3oc4ccccc4c3c2)c(=O)c(C#N)c1C. The normalized spacial score (nSPS) is 10.9. The van der Waals surface area contributed by atoms with Gasteiger partial charge in [-0.15, -0.1) is 0 Å². The number of para-hydroxylation sites is 1. The van der Waals surface area contributed by atoms with Crippen molar-refractivity contribution in [1.29, 1.82) is 5.26 Å². The highest BCUT2D eigenvalue weighted by Gasteiger charge is 2.14. The van der Waals surface area contributed by atoms with Crippen molar-refractivity contribution in [1.82, 2.24) is 9.78 Å². The fourth-order valence-electron chi connectivity index (χ4n) is 3.15. The number of aromatic nitrogens is 2. The molecule has 0 radical (unpaired) electrons. The van der Waals surface area contributed by atoms with Crippen LogP contribution in [0, 0.1) is 25.2 Å². The van der Waals surface area contributed by atoms with E-state index in [0.717, 1.165) is 26.6 Å². The Balaban J connectivity index is 1.63. The highest BCUT2D eigenvalue weighted by Crippen LogP contribution is 2.30. The van der Waals surface area contributed by atoms with E-state index in [1.165, 1.54) is 0 Å². The number of furan rings is 1. The van der Waals surface area contributed by atoms with Gasteiger partial charge in [-0.1, -0.05) is 18.2 Å². The molecule has 0 atom stereocenters. The van der Waals surface area contributed by atoms with Gasteiger partial charge in [0.25, 0.3) is 5.56 Å². The fraction of sp³-hybridized carbons (Fsp3) is 0.143. The first kappa shape index (κ1) is 17.5. The van der Waals surface area contributed by atoms with Crippen LogP contribution in [0.1, 0.15) is 16.8 Å². The number of nitriles is 1. The summed E-state index contributed by atoms with van der Waals surface area (Å²) in [6, 6.07) is 14.9. The van der Waals surface area contributed by atoms with Crippen LogP contribution < -0.4 is 10.9 Å². The molecule has 4 aromatic rings. The third-order valence-electron chi connectivity index (χ3n) is 4.70. The van der Waals surface area contributed by atoms with Crippen molar-refractivity contribution in [3.63, 3.8) is 0 Å². The van der Waals surface area contributed by atoms with Crippen molar-refractivity contribution in [2.45, 2.75) is 20.4 Å². The van der Waals surface area contributed by atoms with Crippen molar-refractivity contribution < 1.29 is 9.21 Å². The zero-order valence-electron chi connectivity index (χ0n) is 15.3. The average molecular weight is 372 g/mol. The number of aryl methyl sites for hydroxylation is 1. The van der Waals surface area contributed by atoms with E-state index in [9.17, 15) is 14.9 Å². The van der Waals surface area contributed by atoms with Gasteiger partial charge >= 0.3 is 0 Å². The lowest BCUT2D eigenvalue weighted by molar-refractivity contribution is -0.117. The molecule has 0 aliphatic rings. The molecule has 2 aromatic heterocycles. The van der Waals surface area contributed by atoms with E-state index in [2.05, 4.69) is 10.4 Å². The Morgan fingerprint density at radius 2 is 1.93 bits per heavy atom. The van der Waals surface area contributed by atoms with Gasteiger partial charge < -0.3 is 9.73 Å². The molecule has 4 rings (SSSR count). The van der Waals surface area contributed by atoms with Crippen LogP contribution in [0.5, 0.6) is 0 Å². The summed E-state index contributed by atoms with van der Waals surface area (Å²) >= 11 is 0. The van der Waals surface area contributed by atoms with E-state index in [-0.39, 0.29) is 12.1 Å². The quantitative estimate of drug-likeness (QED) is 0.595. The molecular formula is C21H16N4O3. The second-order valence-corrected chi connectivity index (χ2v) is 6.52. The maximum absolute atomic E-state index is 12.5. The third kappa shape index (κ3) is 2.91. The van der Waals surface area contributed by atoms with Crippen LogP contribution >= 0.6 is 0 Å². The summed E-state index contributed by atoms with van der Waals surface area (Å²) in [4.78, 5) is 24.8. The van der Waals surface area contributed by atoms with Gasteiger partial charge in [0.1, 0.15) is 29.3 Å². The molecule has 2 heterocycles. The number of nitrogens with zero attached hydrogens (tertiary/aromatic N) is 3. The number of carbonyl (C=O) groups excluding carboxylic acids is 1. The van der Waals surface area contributed by atoms with E-state index in [1.54, 1.807) is 26.0 Å². The molecule has 1 N–H and O–H groups in total. The van der Waals surface area contributed by atoms with Crippen molar-refractivity contribution in [3.05, 3.63) is 69.6 Å². The highest BCUT2D eigenvalue weighted by atomic mass is 16.3. The Hall–Kier alpha value is -3.92. The highest BCUT2D eigenvalue weighted by molar-refractivity contribution is 6.06. The zero-order chi connectivity index (χ0) is 19.8. The monoisotopic (exact) mass is 372 g/mol. The molecule has 0 spiro atoms. The van der Waals surface area contributed by atoms with Crippen molar-refractivity contribution >= 4 is 33.5 Å². The van der Waals surface area contributed by atoms with E-state index in [1.807, 2.05) is 36.4 Å². The summed E-state index contributed by atoms with van der Waals surface area (Å²) in [7, 11) is 0. The second-order valence-electron chi connectivity index (χ2n) is 6.52. The maximum Gasteiger partial charge on any atom is 0.285 e. The molecule has 7 heteroatoms. The van der Waals surface area contributed by atoms with Gasteiger partial charge in [0.05, 0.1) is 5.69 Å². The van der Waals surface area contributed by atoms with Crippen LogP contribution in [0.3, 0.4) is 0 Å². The number of fused-ring (bicyclic) bond motifs is 3. The van der Waals surface area contributed by atoms with Gasteiger partial charge in [-0.2, -0.15) is 10.4 Å². The Bertz CT molecular complexity index is 1340. The average Bonchev–Trinajstić information content (AvgIpc) is 3.04. The van der Waals surface area contributed by atoms with Crippen LogP contribution in [0.4, 0.5) is 5.69 Å². The first-order chi connectivity index (χ1) is 13.5. The molecule has 0 aliphatic carbocycles. The third-order valence-corrected chi connectivity index (χ3v) is 4.70. The largest absolute Gasteiger partial charge is 0.456 e. The number of hydrogen-bond acceptors (Lipinski definition) is 5. The van der Waals surface area contributed by atoms with Crippen LogP contribution in [0.25, 0.3) is 21.9 Å². The van der Waals surface area contributed by atoms with Crippen LogP contribution in [0.15, 0.2) is 51.7 Å². The molecule has 0 saturated carbocycles. The number of amides is 1.